The van der Waals surface area contributed by atoms with Gasteiger partial charge in [-0.25, -0.2) is 24.9 Å². The van der Waals surface area contributed by atoms with Crippen molar-refractivity contribution in [3.05, 3.63) is 76.3 Å². The van der Waals surface area contributed by atoms with Crippen molar-refractivity contribution in [2.45, 2.75) is 13.0 Å². The van der Waals surface area contributed by atoms with Crippen molar-refractivity contribution in [1.29, 1.82) is 0 Å². The highest BCUT2D eigenvalue weighted by Gasteiger charge is 2.21. The third-order valence-corrected chi connectivity index (χ3v) is 5.12. The highest BCUT2D eigenvalue weighted by Crippen LogP contribution is 2.25. The van der Waals surface area contributed by atoms with Crippen LogP contribution in [-0.4, -0.2) is 34.5 Å². The molecule has 0 bridgehead atoms. The lowest BCUT2D eigenvalue weighted by Gasteiger charge is -2.20. The second kappa shape index (κ2) is 7.40. The maximum atomic E-state index is 13.4. The van der Waals surface area contributed by atoms with Crippen molar-refractivity contribution in [3.8, 4) is 5.69 Å². The van der Waals surface area contributed by atoms with Crippen LogP contribution in [0.3, 0.4) is 0 Å². The molecule has 0 saturated carbocycles. The number of rotatable bonds is 4. The zero-order chi connectivity index (χ0) is 21.5. The predicted molar refractivity (Wildman–Crippen MR) is 114 cm³/mol. The minimum absolute atomic E-state index is 0.265. The molecule has 0 aliphatic heterocycles. The Hall–Kier alpha value is -3.92. The van der Waals surface area contributed by atoms with Crippen LogP contribution in [0.15, 0.2) is 54.0 Å². The summed E-state index contributed by atoms with van der Waals surface area (Å²) in [5, 5.41) is 3.77. The van der Waals surface area contributed by atoms with Gasteiger partial charge >= 0.3 is 0 Å². The molecule has 4 heterocycles. The summed E-state index contributed by atoms with van der Waals surface area (Å²) < 4.78 is 14.8. The Morgan fingerprint density at radius 1 is 1.16 bits per heavy atom. The number of hydrogen-bond donors (Lipinski definition) is 2. The molecule has 4 aromatic heterocycles. The van der Waals surface area contributed by atoms with E-state index in [1.165, 1.54) is 35.6 Å². The average Bonchev–Trinajstić information content (AvgIpc) is 3.24. The van der Waals surface area contributed by atoms with Gasteiger partial charge in [0.1, 0.15) is 17.7 Å². The van der Waals surface area contributed by atoms with Crippen LogP contribution in [0.1, 0.15) is 18.8 Å². The van der Waals surface area contributed by atoms with Gasteiger partial charge in [-0.15, -0.1) is 0 Å². The van der Waals surface area contributed by atoms with Crippen molar-refractivity contribution >= 4 is 39.5 Å². The van der Waals surface area contributed by atoms with E-state index < -0.39 is 12.0 Å². The Kier molecular flexibility index (Phi) is 4.55. The monoisotopic (exact) mass is 436 g/mol. The second-order valence-corrected chi connectivity index (χ2v) is 7.18. The molecule has 0 aliphatic rings. The number of H-pyrrole nitrogens is 1. The number of aromatic nitrogens is 7. The van der Waals surface area contributed by atoms with Crippen LogP contribution in [0.25, 0.3) is 27.8 Å². The Morgan fingerprint density at radius 3 is 2.84 bits per heavy atom. The second-order valence-electron chi connectivity index (χ2n) is 6.77. The van der Waals surface area contributed by atoms with E-state index in [1.54, 1.807) is 18.2 Å². The normalized spacial score (nSPS) is 12.4. The number of aromatic amines is 1. The lowest BCUT2D eigenvalue weighted by Crippen LogP contribution is -2.27. The molecular weight excluding hydrogens is 423 g/mol. The predicted octanol–water partition coefficient (Wildman–Crippen LogP) is 3.41. The summed E-state index contributed by atoms with van der Waals surface area (Å²) in [5.41, 5.74) is 1.54. The first-order valence-corrected chi connectivity index (χ1v) is 9.64. The molecule has 0 saturated heterocycles. The molecule has 0 spiro atoms. The van der Waals surface area contributed by atoms with E-state index in [-0.39, 0.29) is 16.0 Å². The average molecular weight is 437 g/mol. The number of nitrogens with one attached hydrogen (secondary N) is 2. The lowest BCUT2D eigenvalue weighted by atomic mass is 10.2. The van der Waals surface area contributed by atoms with E-state index >= 15 is 0 Å². The summed E-state index contributed by atoms with van der Waals surface area (Å²) >= 11 is 6.29. The van der Waals surface area contributed by atoms with Gasteiger partial charge in [0.25, 0.3) is 5.56 Å². The highest BCUT2D eigenvalue weighted by atomic mass is 35.5. The third kappa shape index (κ3) is 3.26. The molecule has 1 aromatic carbocycles. The number of halogens is 2. The van der Waals surface area contributed by atoms with Gasteiger partial charge < -0.3 is 10.3 Å². The number of fused-ring (bicyclic) bond motifs is 2. The fourth-order valence-electron chi connectivity index (χ4n) is 3.39. The molecule has 0 amide bonds. The van der Waals surface area contributed by atoms with Gasteiger partial charge in [0.05, 0.1) is 40.2 Å². The first-order chi connectivity index (χ1) is 15.0. The Morgan fingerprint density at radius 2 is 2.03 bits per heavy atom. The number of anilines is 1. The van der Waals surface area contributed by atoms with Gasteiger partial charge in [0.15, 0.2) is 11.5 Å². The van der Waals surface area contributed by atoms with E-state index in [4.69, 9.17) is 11.6 Å². The summed E-state index contributed by atoms with van der Waals surface area (Å²) in [4.78, 5) is 37.3. The molecule has 5 aromatic rings. The van der Waals surface area contributed by atoms with Crippen molar-refractivity contribution in [2.24, 2.45) is 0 Å². The first kappa shape index (κ1) is 19.1. The molecule has 0 fully saturated rings. The molecular formula is C20H14ClFN8O. The largest absolute Gasteiger partial charge is 0.358 e. The van der Waals surface area contributed by atoms with E-state index in [0.29, 0.717) is 34.0 Å². The van der Waals surface area contributed by atoms with Gasteiger partial charge in [-0.3, -0.25) is 9.36 Å². The number of pyridine rings is 1. The topological polar surface area (TPSA) is 114 Å². The van der Waals surface area contributed by atoms with E-state index in [9.17, 15) is 9.18 Å². The summed E-state index contributed by atoms with van der Waals surface area (Å²) in [5.74, 6) is 0.191. The van der Waals surface area contributed by atoms with Gasteiger partial charge in [-0.2, -0.15) is 4.39 Å². The van der Waals surface area contributed by atoms with Gasteiger partial charge in [0, 0.05) is 0 Å². The number of hydrogen-bond acceptors (Lipinski definition) is 7. The molecule has 154 valence electrons. The van der Waals surface area contributed by atoms with Gasteiger partial charge in [-0.1, -0.05) is 17.7 Å². The zero-order valence-corrected chi connectivity index (χ0v) is 16.8. The van der Waals surface area contributed by atoms with Crippen LogP contribution in [0, 0.1) is 5.95 Å². The first-order valence-electron chi connectivity index (χ1n) is 9.26. The maximum absolute atomic E-state index is 13.4. The van der Waals surface area contributed by atoms with Crippen LogP contribution < -0.4 is 10.9 Å². The molecule has 31 heavy (non-hydrogen) atoms. The van der Waals surface area contributed by atoms with Crippen molar-refractivity contribution in [3.63, 3.8) is 0 Å². The van der Waals surface area contributed by atoms with Crippen molar-refractivity contribution in [2.75, 3.05) is 5.32 Å². The molecule has 0 radical (unpaired) electrons. The number of benzene rings is 1. The SMILES string of the molecule is C[C@@H](Nc1ncnc2[nH]cnc12)c1nc2cccc(Cl)c2c(=O)n1-c1ccc(F)nc1. The number of nitrogens with zero attached hydrogens (tertiary/aromatic N) is 6. The van der Waals surface area contributed by atoms with Crippen LogP contribution in [0.2, 0.25) is 5.02 Å². The lowest BCUT2D eigenvalue weighted by molar-refractivity contribution is 0.582. The zero-order valence-electron chi connectivity index (χ0n) is 16.0. The fraction of sp³-hybridized carbons (Fsp3) is 0.100. The summed E-state index contributed by atoms with van der Waals surface area (Å²) in [6.45, 7) is 1.83. The summed E-state index contributed by atoms with van der Waals surface area (Å²) in [6, 6.07) is 7.20. The van der Waals surface area contributed by atoms with Gasteiger partial charge in [-0.05, 0) is 31.2 Å². The Labute approximate surface area is 179 Å². The molecule has 0 aliphatic carbocycles. The van der Waals surface area contributed by atoms with E-state index in [1.807, 2.05) is 6.92 Å². The standard InChI is InChI=1S/C20H14ClFN8O/c1-10(28-18-16-17(25-8-24-16)26-9-27-18)19-29-13-4-2-3-12(21)15(13)20(31)30(19)11-5-6-14(22)23-7-11/h2-10H,1H3,(H2,24,25,26,27,28)/t10-/m1/s1. The maximum Gasteiger partial charge on any atom is 0.267 e. The quantitative estimate of drug-likeness (QED) is 0.415. The molecule has 5 rings (SSSR count). The number of imidazole rings is 1. The summed E-state index contributed by atoms with van der Waals surface area (Å²) in [6.07, 6.45) is 4.19. The van der Waals surface area contributed by atoms with Crippen LogP contribution in [0.4, 0.5) is 10.2 Å². The minimum Gasteiger partial charge on any atom is -0.358 e. The summed E-state index contributed by atoms with van der Waals surface area (Å²) in [7, 11) is 0. The molecule has 9 nitrogen and oxygen atoms in total. The van der Waals surface area contributed by atoms with Gasteiger partial charge in [0.2, 0.25) is 5.95 Å². The molecule has 1 atom stereocenters. The smallest absolute Gasteiger partial charge is 0.267 e. The van der Waals surface area contributed by atoms with E-state index in [2.05, 4.69) is 35.2 Å². The van der Waals surface area contributed by atoms with Crippen molar-refractivity contribution < 1.29 is 4.39 Å². The van der Waals surface area contributed by atoms with Crippen LogP contribution >= 0.6 is 11.6 Å². The molecule has 2 N–H and O–H groups in total. The fourth-order valence-corrected chi connectivity index (χ4v) is 3.64. The molecule has 11 heteroatoms. The van der Waals surface area contributed by atoms with Crippen LogP contribution in [0.5, 0.6) is 0 Å². The minimum atomic E-state index is -0.654. The van der Waals surface area contributed by atoms with E-state index in [0.717, 1.165) is 0 Å². The Balaban J connectivity index is 1.71. The van der Waals surface area contributed by atoms with Crippen molar-refractivity contribution in [1.82, 2.24) is 34.5 Å². The Bertz CT molecular complexity index is 1480. The molecule has 0 unspecified atom stereocenters. The third-order valence-electron chi connectivity index (χ3n) is 4.80. The highest BCUT2D eigenvalue weighted by molar-refractivity contribution is 6.35. The van der Waals surface area contributed by atoms with Crippen LogP contribution in [-0.2, 0) is 0 Å².